The number of carbonyl (C=O) groups excluding carboxylic acids is 1. The van der Waals surface area contributed by atoms with Gasteiger partial charge in [-0.25, -0.2) is 0 Å². The van der Waals surface area contributed by atoms with E-state index in [0.717, 1.165) is 74.8 Å². The molecule has 0 spiro atoms. The van der Waals surface area contributed by atoms with Crippen LogP contribution in [0.15, 0.2) is 12.3 Å². The predicted octanol–water partition coefficient (Wildman–Crippen LogP) is 2.06. The first-order chi connectivity index (χ1) is 13.7. The van der Waals surface area contributed by atoms with Crippen LogP contribution in [0.25, 0.3) is 0 Å². The molecule has 6 rings (SSSR count). The average Bonchev–Trinajstić information content (AvgIpc) is 2.71. The van der Waals surface area contributed by atoms with E-state index < -0.39 is 0 Å². The smallest absolute Gasteiger partial charge is 0.226 e. The molecule has 2 heterocycles. The molecule has 0 aromatic carbocycles. The summed E-state index contributed by atoms with van der Waals surface area (Å²) in [5.41, 5.74) is 1.00. The molecule has 1 aromatic heterocycles. The van der Waals surface area contributed by atoms with Crippen LogP contribution in [0.4, 0.5) is 11.5 Å². The van der Waals surface area contributed by atoms with Crippen molar-refractivity contribution in [1.29, 1.82) is 0 Å². The minimum absolute atomic E-state index is 0.0647. The Morgan fingerprint density at radius 1 is 1.11 bits per heavy atom. The summed E-state index contributed by atoms with van der Waals surface area (Å²) in [6, 6.07) is 2.03. The number of aromatic nitrogens is 2. The number of morpholine rings is 1. The van der Waals surface area contributed by atoms with Gasteiger partial charge in [-0.15, -0.1) is 5.10 Å². The minimum Gasteiger partial charge on any atom is -0.378 e. The van der Waals surface area contributed by atoms with Crippen molar-refractivity contribution in [3.63, 3.8) is 0 Å². The van der Waals surface area contributed by atoms with Gasteiger partial charge in [-0.05, 0) is 56.3 Å². The lowest BCUT2D eigenvalue weighted by molar-refractivity contribution is -0.146. The Kier molecular flexibility index (Phi) is 4.87. The van der Waals surface area contributed by atoms with Crippen molar-refractivity contribution >= 4 is 17.4 Å². The summed E-state index contributed by atoms with van der Waals surface area (Å²) >= 11 is 0. The first kappa shape index (κ1) is 18.2. The first-order valence-corrected chi connectivity index (χ1v) is 10.9. The van der Waals surface area contributed by atoms with E-state index in [1.807, 2.05) is 6.07 Å². The molecule has 5 fully saturated rings. The van der Waals surface area contributed by atoms with Gasteiger partial charge in [0, 0.05) is 37.7 Å². The summed E-state index contributed by atoms with van der Waals surface area (Å²) in [4.78, 5) is 15.2. The second-order valence-corrected chi connectivity index (χ2v) is 9.28. The van der Waals surface area contributed by atoms with Gasteiger partial charge in [-0.3, -0.25) is 4.79 Å². The molecule has 1 aromatic rings. The lowest BCUT2D eigenvalue weighted by atomic mass is 9.49. The van der Waals surface area contributed by atoms with Gasteiger partial charge in [0.05, 0.1) is 25.1 Å². The highest BCUT2D eigenvalue weighted by molar-refractivity contribution is 5.83. The molecule has 4 bridgehead atoms. The third kappa shape index (κ3) is 3.56. The monoisotopic (exact) mass is 385 g/mol. The van der Waals surface area contributed by atoms with E-state index in [1.165, 1.54) is 19.3 Å². The molecule has 0 radical (unpaired) electrons. The Labute approximate surface area is 166 Å². The Balaban J connectivity index is 1.11. The number of carbonyl (C=O) groups is 1. The molecular weight excluding hydrogens is 354 g/mol. The fraction of sp³-hybridized carbons (Fsp3) is 0.762. The van der Waals surface area contributed by atoms with Gasteiger partial charge in [-0.2, -0.15) is 5.10 Å². The molecule has 28 heavy (non-hydrogen) atoms. The SMILES string of the molecule is O=C(NCCNc1cc(N2CCOCC2)cnn1)C12CC3CC(CC(C3)C1)C2. The third-order valence-corrected chi connectivity index (χ3v) is 7.25. The molecule has 0 unspecified atom stereocenters. The maximum atomic E-state index is 13.0. The molecule has 1 saturated heterocycles. The molecule has 7 nitrogen and oxygen atoms in total. The summed E-state index contributed by atoms with van der Waals surface area (Å²) in [5.74, 6) is 3.45. The molecule has 0 atom stereocenters. The highest BCUT2D eigenvalue weighted by Crippen LogP contribution is 2.60. The Morgan fingerprint density at radius 3 is 2.46 bits per heavy atom. The van der Waals surface area contributed by atoms with Crippen LogP contribution in [0.3, 0.4) is 0 Å². The van der Waals surface area contributed by atoms with Crippen molar-refractivity contribution < 1.29 is 9.53 Å². The van der Waals surface area contributed by atoms with E-state index in [2.05, 4.69) is 25.7 Å². The topological polar surface area (TPSA) is 79.4 Å². The van der Waals surface area contributed by atoms with Crippen molar-refractivity contribution in [1.82, 2.24) is 15.5 Å². The van der Waals surface area contributed by atoms with Crippen LogP contribution < -0.4 is 15.5 Å². The number of nitrogens with one attached hydrogen (secondary N) is 2. The Hall–Kier alpha value is -1.89. The van der Waals surface area contributed by atoms with Crippen LogP contribution in [0.2, 0.25) is 0 Å². The van der Waals surface area contributed by atoms with Crippen molar-refractivity contribution in [3.05, 3.63) is 12.3 Å². The zero-order valence-corrected chi connectivity index (χ0v) is 16.5. The summed E-state index contributed by atoms with van der Waals surface area (Å²) in [5, 5.41) is 14.8. The number of nitrogens with zero attached hydrogens (tertiary/aromatic N) is 3. The van der Waals surface area contributed by atoms with Crippen molar-refractivity contribution in [2.75, 3.05) is 49.6 Å². The van der Waals surface area contributed by atoms with Crippen LogP contribution in [-0.4, -0.2) is 55.5 Å². The predicted molar refractivity (Wildman–Crippen MR) is 107 cm³/mol. The molecule has 1 aliphatic heterocycles. The third-order valence-electron chi connectivity index (χ3n) is 7.25. The number of ether oxygens (including phenoxy) is 1. The highest BCUT2D eigenvalue weighted by Gasteiger charge is 2.54. The van der Waals surface area contributed by atoms with Crippen LogP contribution in [0.1, 0.15) is 38.5 Å². The van der Waals surface area contributed by atoms with Crippen molar-refractivity contribution in [3.8, 4) is 0 Å². The van der Waals surface area contributed by atoms with E-state index in [0.29, 0.717) is 19.0 Å². The lowest BCUT2D eigenvalue weighted by Gasteiger charge is -2.55. The van der Waals surface area contributed by atoms with E-state index in [9.17, 15) is 4.79 Å². The molecule has 7 heteroatoms. The fourth-order valence-electron chi connectivity index (χ4n) is 6.38. The average molecular weight is 386 g/mol. The largest absolute Gasteiger partial charge is 0.378 e. The molecule has 5 aliphatic rings. The van der Waals surface area contributed by atoms with Crippen LogP contribution >= 0.6 is 0 Å². The van der Waals surface area contributed by atoms with Crippen LogP contribution in [-0.2, 0) is 9.53 Å². The van der Waals surface area contributed by atoms with E-state index >= 15 is 0 Å². The molecular formula is C21H31N5O2. The molecule has 4 saturated carbocycles. The number of anilines is 2. The standard InChI is InChI=1S/C21H31N5O2/c27-20(21-11-15-7-16(12-21)9-17(8-15)13-21)23-2-1-22-19-10-18(14-24-25-19)26-3-5-28-6-4-26/h10,14-17H,1-9,11-13H2,(H,22,25)(H,23,27). The number of hydrogen-bond donors (Lipinski definition) is 2. The van der Waals surface area contributed by atoms with Crippen LogP contribution in [0.5, 0.6) is 0 Å². The van der Waals surface area contributed by atoms with Crippen molar-refractivity contribution in [2.24, 2.45) is 23.2 Å². The molecule has 152 valence electrons. The quantitative estimate of drug-likeness (QED) is 0.730. The lowest BCUT2D eigenvalue weighted by Crippen LogP contribution is -2.54. The van der Waals surface area contributed by atoms with E-state index in [1.54, 1.807) is 6.20 Å². The second-order valence-electron chi connectivity index (χ2n) is 9.28. The summed E-state index contributed by atoms with van der Waals surface area (Å²) in [7, 11) is 0. The number of rotatable bonds is 6. The van der Waals surface area contributed by atoms with Gasteiger partial charge in [-0.1, -0.05) is 0 Å². The summed E-state index contributed by atoms with van der Waals surface area (Å²) < 4.78 is 5.41. The van der Waals surface area contributed by atoms with Crippen LogP contribution in [0, 0.1) is 23.2 Å². The van der Waals surface area contributed by atoms with E-state index in [-0.39, 0.29) is 5.41 Å². The number of hydrogen-bond acceptors (Lipinski definition) is 6. The first-order valence-electron chi connectivity index (χ1n) is 10.9. The Morgan fingerprint density at radius 2 is 1.79 bits per heavy atom. The number of amides is 1. The molecule has 2 N–H and O–H groups in total. The zero-order chi connectivity index (χ0) is 19.0. The van der Waals surface area contributed by atoms with E-state index in [4.69, 9.17) is 4.74 Å². The highest BCUT2D eigenvalue weighted by atomic mass is 16.5. The maximum absolute atomic E-state index is 13.0. The summed E-state index contributed by atoms with van der Waals surface area (Å²) in [6.45, 7) is 4.56. The fourth-order valence-corrected chi connectivity index (χ4v) is 6.38. The Bertz CT molecular complexity index is 683. The van der Waals surface area contributed by atoms with Gasteiger partial charge >= 0.3 is 0 Å². The van der Waals surface area contributed by atoms with Crippen molar-refractivity contribution in [2.45, 2.75) is 38.5 Å². The van der Waals surface area contributed by atoms with Gasteiger partial charge in [0.25, 0.3) is 0 Å². The summed E-state index contributed by atoms with van der Waals surface area (Å²) in [6.07, 6.45) is 9.25. The van der Waals surface area contributed by atoms with Gasteiger partial charge in [0.2, 0.25) is 5.91 Å². The maximum Gasteiger partial charge on any atom is 0.226 e. The normalized spacial score (nSPS) is 33.7. The minimum atomic E-state index is -0.0647. The van der Waals surface area contributed by atoms with Gasteiger partial charge in [0.15, 0.2) is 5.82 Å². The van der Waals surface area contributed by atoms with Gasteiger partial charge < -0.3 is 20.3 Å². The second kappa shape index (κ2) is 7.50. The zero-order valence-electron chi connectivity index (χ0n) is 16.5. The molecule has 1 amide bonds. The van der Waals surface area contributed by atoms with Gasteiger partial charge in [0.1, 0.15) is 0 Å². The molecule has 4 aliphatic carbocycles.